The third-order valence-electron chi connectivity index (χ3n) is 5.70. The SMILES string of the molecule is CC1=c2ccccc2=CB(c2cc(C)c3c(C)cccc3[n+]2C)N1C. The van der Waals surface area contributed by atoms with Crippen LogP contribution in [0.4, 0.5) is 0 Å². The van der Waals surface area contributed by atoms with Crippen molar-refractivity contribution < 1.29 is 4.57 Å². The molecule has 2 aromatic carbocycles. The van der Waals surface area contributed by atoms with Gasteiger partial charge in [-0.1, -0.05) is 42.4 Å². The molecule has 0 spiro atoms. The van der Waals surface area contributed by atoms with E-state index in [1.54, 1.807) is 0 Å². The van der Waals surface area contributed by atoms with Gasteiger partial charge in [-0.25, -0.2) is 4.57 Å². The van der Waals surface area contributed by atoms with Crippen molar-refractivity contribution in [2.45, 2.75) is 20.8 Å². The fraction of sp³-hybridized carbons (Fsp3) is 0.227. The van der Waals surface area contributed by atoms with Gasteiger partial charge in [-0.2, -0.15) is 0 Å². The predicted octanol–water partition coefficient (Wildman–Crippen LogP) is 1.57. The molecule has 0 aliphatic carbocycles. The van der Waals surface area contributed by atoms with Crippen LogP contribution < -0.4 is 20.6 Å². The molecule has 1 aromatic heterocycles. The summed E-state index contributed by atoms with van der Waals surface area (Å²) in [6, 6.07) is 17.6. The molecule has 0 N–H and O–H groups in total. The zero-order valence-corrected chi connectivity index (χ0v) is 15.7. The molecule has 0 atom stereocenters. The van der Waals surface area contributed by atoms with Gasteiger partial charge in [-0.3, -0.25) is 0 Å². The highest BCUT2D eigenvalue weighted by Gasteiger charge is 2.32. The van der Waals surface area contributed by atoms with Crippen LogP contribution in [0.1, 0.15) is 18.1 Å². The van der Waals surface area contributed by atoms with Crippen molar-refractivity contribution in [2.75, 3.05) is 7.05 Å². The zero-order chi connectivity index (χ0) is 17.7. The lowest BCUT2D eigenvalue weighted by atomic mass is 9.54. The summed E-state index contributed by atoms with van der Waals surface area (Å²) in [5.74, 6) is 2.39. The van der Waals surface area contributed by atoms with E-state index in [0.29, 0.717) is 0 Å². The topological polar surface area (TPSA) is 7.12 Å². The monoisotopic (exact) mass is 327 g/mol. The largest absolute Gasteiger partial charge is 0.408 e. The standard InChI is InChI=1S/C22H24BN2/c1-15-9-8-12-20-22(15)16(2)13-21(24(20)4)23-14-18-10-6-7-11-19(18)17(3)25(23)5/h6-14H,1-5H3/q+1. The molecule has 0 amide bonds. The maximum absolute atomic E-state index is 2.39. The van der Waals surface area contributed by atoms with Crippen LogP contribution in [0.2, 0.25) is 0 Å². The summed E-state index contributed by atoms with van der Waals surface area (Å²) in [6.07, 6.45) is 0. The first kappa shape index (κ1) is 16.0. The smallest absolute Gasteiger partial charge is 0.396 e. The van der Waals surface area contributed by atoms with Crippen molar-refractivity contribution >= 4 is 35.0 Å². The van der Waals surface area contributed by atoms with E-state index < -0.39 is 0 Å². The number of pyridine rings is 1. The number of hydrogen-bond acceptors (Lipinski definition) is 1. The molecule has 0 fully saturated rings. The first-order chi connectivity index (χ1) is 12.0. The highest BCUT2D eigenvalue weighted by atomic mass is 15.1. The third kappa shape index (κ3) is 2.38. The Bertz CT molecular complexity index is 1110. The van der Waals surface area contributed by atoms with Crippen molar-refractivity contribution in [3.8, 4) is 0 Å². The molecule has 25 heavy (non-hydrogen) atoms. The van der Waals surface area contributed by atoms with E-state index in [2.05, 4.69) is 98.8 Å². The normalized spacial score (nSPS) is 13.9. The molecule has 3 heteroatoms. The van der Waals surface area contributed by atoms with E-state index in [9.17, 15) is 0 Å². The molecule has 124 valence electrons. The molecule has 0 saturated heterocycles. The summed E-state index contributed by atoms with van der Waals surface area (Å²) in [7, 11) is 4.39. The minimum atomic E-state index is 0.239. The van der Waals surface area contributed by atoms with E-state index in [1.807, 2.05) is 0 Å². The summed E-state index contributed by atoms with van der Waals surface area (Å²) in [5, 5.41) is 4.02. The van der Waals surface area contributed by atoms with Crippen LogP contribution in [-0.2, 0) is 7.05 Å². The number of hydrogen-bond donors (Lipinski definition) is 0. The van der Waals surface area contributed by atoms with Crippen molar-refractivity contribution in [3.05, 3.63) is 70.1 Å². The summed E-state index contributed by atoms with van der Waals surface area (Å²) in [6.45, 7) is 6.88. The number of benzene rings is 2. The van der Waals surface area contributed by atoms with Crippen molar-refractivity contribution in [2.24, 2.45) is 7.05 Å². The summed E-state index contributed by atoms with van der Waals surface area (Å²) < 4.78 is 2.36. The molecule has 1 aliphatic heterocycles. The van der Waals surface area contributed by atoms with E-state index in [0.717, 1.165) is 0 Å². The molecular weight excluding hydrogens is 303 g/mol. The Hall–Kier alpha value is -2.55. The minimum absolute atomic E-state index is 0.239. The second kappa shape index (κ2) is 5.77. The average molecular weight is 327 g/mol. The van der Waals surface area contributed by atoms with Crippen LogP contribution in [0, 0.1) is 13.8 Å². The molecule has 1 aliphatic rings. The van der Waals surface area contributed by atoms with E-state index in [4.69, 9.17) is 0 Å². The Kier molecular flexibility index (Phi) is 3.68. The first-order valence-electron chi connectivity index (χ1n) is 8.88. The van der Waals surface area contributed by atoms with Gasteiger partial charge in [0.1, 0.15) is 7.05 Å². The molecule has 3 aromatic rings. The highest BCUT2D eigenvalue weighted by molar-refractivity contribution is 6.82. The maximum atomic E-state index is 2.39. The van der Waals surface area contributed by atoms with E-state index in [1.165, 1.54) is 43.8 Å². The van der Waals surface area contributed by atoms with Crippen molar-refractivity contribution in [3.63, 3.8) is 0 Å². The van der Waals surface area contributed by atoms with Gasteiger partial charge in [0, 0.05) is 17.8 Å². The lowest BCUT2D eigenvalue weighted by Crippen LogP contribution is -2.62. The second-order valence-electron chi connectivity index (χ2n) is 7.18. The van der Waals surface area contributed by atoms with Gasteiger partial charge in [0.15, 0.2) is 5.59 Å². The van der Waals surface area contributed by atoms with Crippen LogP contribution in [0.5, 0.6) is 0 Å². The fourth-order valence-corrected chi connectivity index (χ4v) is 4.19. The molecule has 0 radical (unpaired) electrons. The van der Waals surface area contributed by atoms with Gasteiger partial charge in [-0.05, 0) is 49.4 Å². The average Bonchev–Trinajstić information content (AvgIpc) is 2.61. The van der Waals surface area contributed by atoms with Crippen LogP contribution in [-0.4, -0.2) is 18.7 Å². The molecule has 2 nitrogen and oxygen atoms in total. The number of aromatic nitrogens is 1. The Labute approximate surface area is 149 Å². The number of fused-ring (bicyclic) bond motifs is 2. The van der Waals surface area contributed by atoms with Crippen molar-refractivity contribution in [1.82, 2.24) is 4.81 Å². The lowest BCUT2D eigenvalue weighted by Gasteiger charge is -2.27. The molecule has 0 unspecified atom stereocenters. The summed E-state index contributed by atoms with van der Waals surface area (Å²) >= 11 is 0. The molecule has 2 heterocycles. The fourth-order valence-electron chi connectivity index (χ4n) is 4.19. The first-order valence-corrected chi connectivity index (χ1v) is 8.88. The number of nitrogens with zero attached hydrogens (tertiary/aromatic N) is 2. The van der Waals surface area contributed by atoms with Crippen LogP contribution >= 0.6 is 0 Å². The zero-order valence-electron chi connectivity index (χ0n) is 15.7. The molecule has 0 saturated carbocycles. The quantitative estimate of drug-likeness (QED) is 0.486. The van der Waals surface area contributed by atoms with E-state index in [-0.39, 0.29) is 6.85 Å². The summed E-state index contributed by atoms with van der Waals surface area (Å²) in [5.41, 5.74) is 6.64. The van der Waals surface area contributed by atoms with Crippen molar-refractivity contribution in [1.29, 1.82) is 0 Å². The predicted molar refractivity (Wildman–Crippen MR) is 107 cm³/mol. The van der Waals surface area contributed by atoms with E-state index >= 15 is 0 Å². The van der Waals surface area contributed by atoms with Gasteiger partial charge < -0.3 is 4.81 Å². The lowest BCUT2D eigenvalue weighted by molar-refractivity contribution is -0.627. The van der Waals surface area contributed by atoms with Gasteiger partial charge in [0.05, 0.1) is 5.39 Å². The Morgan fingerprint density at radius 3 is 2.48 bits per heavy atom. The highest BCUT2D eigenvalue weighted by Crippen LogP contribution is 2.19. The minimum Gasteiger partial charge on any atom is -0.408 e. The third-order valence-corrected chi connectivity index (χ3v) is 5.70. The maximum Gasteiger partial charge on any atom is 0.396 e. The van der Waals surface area contributed by atoms with Crippen LogP contribution in [0.25, 0.3) is 22.6 Å². The van der Waals surface area contributed by atoms with Gasteiger partial charge >= 0.3 is 6.85 Å². The number of rotatable bonds is 1. The summed E-state index contributed by atoms with van der Waals surface area (Å²) in [4.78, 5) is 2.39. The van der Waals surface area contributed by atoms with Gasteiger partial charge in [0.25, 0.3) is 0 Å². The van der Waals surface area contributed by atoms with Crippen LogP contribution in [0.3, 0.4) is 0 Å². The number of aryl methyl sites for hydroxylation is 3. The van der Waals surface area contributed by atoms with Gasteiger partial charge in [-0.15, -0.1) is 0 Å². The van der Waals surface area contributed by atoms with Gasteiger partial charge in [0.2, 0.25) is 5.52 Å². The molecule has 4 rings (SSSR count). The molecular formula is C22H24BN2+. The Morgan fingerprint density at radius 2 is 1.68 bits per heavy atom. The Morgan fingerprint density at radius 1 is 0.920 bits per heavy atom. The molecule has 0 bridgehead atoms. The van der Waals surface area contributed by atoms with Crippen LogP contribution in [0.15, 0.2) is 48.5 Å². The Balaban J connectivity index is 2.00. The second-order valence-corrected chi connectivity index (χ2v) is 7.18.